The van der Waals surface area contributed by atoms with Crippen molar-refractivity contribution in [3.63, 3.8) is 0 Å². The fourth-order valence-corrected chi connectivity index (χ4v) is 1.84. The summed E-state index contributed by atoms with van der Waals surface area (Å²) >= 11 is 0. The first kappa shape index (κ1) is 12.2. The molecule has 98 valence electrons. The number of aryl methyl sites for hydroxylation is 1. The molecular weight excluding hydrogens is 250 g/mol. The van der Waals surface area contributed by atoms with E-state index in [9.17, 15) is 0 Å². The SMILES string of the molecule is Cc1cccc(Nc2nccc(-c3cnccn3)n2)c1. The van der Waals surface area contributed by atoms with Crippen molar-refractivity contribution in [3.8, 4) is 11.4 Å². The summed E-state index contributed by atoms with van der Waals surface area (Å²) in [5, 5.41) is 3.18. The van der Waals surface area contributed by atoms with Crippen LogP contribution >= 0.6 is 0 Å². The predicted octanol–water partition coefficient (Wildman–Crippen LogP) is 2.99. The van der Waals surface area contributed by atoms with E-state index in [1.165, 1.54) is 5.56 Å². The van der Waals surface area contributed by atoms with E-state index in [1.807, 2.05) is 37.3 Å². The molecule has 0 fully saturated rings. The second-order valence-electron chi connectivity index (χ2n) is 4.35. The van der Waals surface area contributed by atoms with Crippen molar-refractivity contribution in [2.45, 2.75) is 6.92 Å². The summed E-state index contributed by atoms with van der Waals surface area (Å²) < 4.78 is 0. The Morgan fingerprint density at radius 2 is 1.90 bits per heavy atom. The Balaban J connectivity index is 1.88. The Bertz CT molecular complexity index is 712. The number of benzene rings is 1. The van der Waals surface area contributed by atoms with Crippen LogP contribution in [0.2, 0.25) is 0 Å². The highest BCUT2D eigenvalue weighted by atomic mass is 15.1. The number of nitrogens with one attached hydrogen (secondary N) is 1. The molecule has 0 spiro atoms. The van der Waals surface area contributed by atoms with Gasteiger partial charge in [-0.05, 0) is 30.7 Å². The molecule has 1 N–H and O–H groups in total. The van der Waals surface area contributed by atoms with Crippen LogP contribution in [0.3, 0.4) is 0 Å². The molecule has 3 rings (SSSR count). The van der Waals surface area contributed by atoms with Gasteiger partial charge in [0.15, 0.2) is 0 Å². The van der Waals surface area contributed by atoms with E-state index in [0.717, 1.165) is 17.1 Å². The molecular formula is C15H13N5. The normalized spacial score (nSPS) is 10.2. The maximum absolute atomic E-state index is 4.44. The second kappa shape index (κ2) is 5.44. The summed E-state index contributed by atoms with van der Waals surface area (Å²) in [4.78, 5) is 16.9. The van der Waals surface area contributed by atoms with Crippen LogP contribution in [0.4, 0.5) is 11.6 Å². The van der Waals surface area contributed by atoms with Crippen molar-refractivity contribution in [2.75, 3.05) is 5.32 Å². The van der Waals surface area contributed by atoms with Crippen molar-refractivity contribution in [2.24, 2.45) is 0 Å². The number of hydrogen-bond acceptors (Lipinski definition) is 5. The Kier molecular flexibility index (Phi) is 3.33. The van der Waals surface area contributed by atoms with Gasteiger partial charge in [-0.3, -0.25) is 9.97 Å². The van der Waals surface area contributed by atoms with Crippen LogP contribution in [0, 0.1) is 6.92 Å². The molecule has 0 aliphatic rings. The summed E-state index contributed by atoms with van der Waals surface area (Å²) in [6.45, 7) is 2.04. The summed E-state index contributed by atoms with van der Waals surface area (Å²) in [6, 6.07) is 9.86. The molecule has 0 radical (unpaired) electrons. The fourth-order valence-electron chi connectivity index (χ4n) is 1.84. The van der Waals surface area contributed by atoms with Crippen LogP contribution in [-0.4, -0.2) is 19.9 Å². The van der Waals surface area contributed by atoms with Crippen LogP contribution in [0.15, 0.2) is 55.1 Å². The first-order valence-corrected chi connectivity index (χ1v) is 6.24. The van der Waals surface area contributed by atoms with Crippen molar-refractivity contribution in [1.29, 1.82) is 0 Å². The van der Waals surface area contributed by atoms with Gasteiger partial charge in [0.25, 0.3) is 0 Å². The number of hydrogen-bond donors (Lipinski definition) is 1. The highest BCUT2D eigenvalue weighted by molar-refractivity contribution is 5.58. The van der Waals surface area contributed by atoms with Crippen molar-refractivity contribution in [1.82, 2.24) is 19.9 Å². The van der Waals surface area contributed by atoms with E-state index in [-0.39, 0.29) is 0 Å². The van der Waals surface area contributed by atoms with Gasteiger partial charge in [-0.25, -0.2) is 9.97 Å². The zero-order chi connectivity index (χ0) is 13.8. The zero-order valence-corrected chi connectivity index (χ0v) is 11.0. The lowest BCUT2D eigenvalue weighted by Gasteiger charge is -2.06. The largest absolute Gasteiger partial charge is 0.324 e. The highest BCUT2D eigenvalue weighted by Gasteiger charge is 2.03. The van der Waals surface area contributed by atoms with Gasteiger partial charge >= 0.3 is 0 Å². The smallest absolute Gasteiger partial charge is 0.227 e. The van der Waals surface area contributed by atoms with Crippen LogP contribution in [0.5, 0.6) is 0 Å². The van der Waals surface area contributed by atoms with Gasteiger partial charge < -0.3 is 5.32 Å². The standard InChI is InChI=1S/C15H13N5/c1-11-3-2-4-12(9-11)19-15-18-6-5-13(20-15)14-10-16-7-8-17-14/h2-10H,1H3,(H,18,19,20). The lowest BCUT2D eigenvalue weighted by atomic mass is 10.2. The minimum absolute atomic E-state index is 0.541. The summed E-state index contributed by atoms with van der Waals surface area (Å²) in [5.74, 6) is 0.541. The van der Waals surface area contributed by atoms with E-state index >= 15 is 0 Å². The van der Waals surface area contributed by atoms with E-state index in [4.69, 9.17) is 0 Å². The molecule has 0 aliphatic carbocycles. The highest BCUT2D eigenvalue weighted by Crippen LogP contribution is 2.17. The number of aromatic nitrogens is 4. The average molecular weight is 263 g/mol. The van der Waals surface area contributed by atoms with Gasteiger partial charge in [-0.1, -0.05) is 12.1 Å². The molecule has 5 nitrogen and oxygen atoms in total. The topological polar surface area (TPSA) is 63.6 Å². The third-order valence-electron chi connectivity index (χ3n) is 2.76. The Labute approximate surface area is 116 Å². The number of anilines is 2. The molecule has 3 aromatic rings. The van der Waals surface area contributed by atoms with Crippen molar-refractivity contribution >= 4 is 11.6 Å². The monoisotopic (exact) mass is 263 g/mol. The summed E-state index contributed by atoms with van der Waals surface area (Å²) in [6.07, 6.45) is 6.66. The molecule has 1 aromatic carbocycles. The minimum Gasteiger partial charge on any atom is -0.324 e. The Morgan fingerprint density at radius 1 is 0.950 bits per heavy atom. The second-order valence-corrected chi connectivity index (χ2v) is 4.35. The zero-order valence-electron chi connectivity index (χ0n) is 11.0. The summed E-state index contributed by atoms with van der Waals surface area (Å²) in [7, 11) is 0. The Hall–Kier alpha value is -2.82. The first-order valence-electron chi connectivity index (χ1n) is 6.24. The van der Waals surface area contributed by atoms with Gasteiger partial charge in [0.1, 0.15) is 5.69 Å². The molecule has 0 saturated carbocycles. The third kappa shape index (κ3) is 2.77. The quantitative estimate of drug-likeness (QED) is 0.787. The van der Waals surface area contributed by atoms with Gasteiger partial charge in [-0.2, -0.15) is 0 Å². The van der Waals surface area contributed by atoms with Crippen LogP contribution in [0.25, 0.3) is 11.4 Å². The molecule has 2 heterocycles. The Morgan fingerprint density at radius 3 is 2.70 bits per heavy atom. The van der Waals surface area contributed by atoms with E-state index in [2.05, 4.69) is 25.3 Å². The van der Waals surface area contributed by atoms with Crippen LogP contribution in [0.1, 0.15) is 5.56 Å². The van der Waals surface area contributed by atoms with E-state index in [1.54, 1.807) is 24.8 Å². The molecule has 2 aromatic heterocycles. The van der Waals surface area contributed by atoms with E-state index in [0.29, 0.717) is 5.95 Å². The van der Waals surface area contributed by atoms with Crippen LogP contribution in [-0.2, 0) is 0 Å². The van der Waals surface area contributed by atoms with Gasteiger partial charge in [0.05, 0.1) is 11.9 Å². The number of rotatable bonds is 3. The lowest BCUT2D eigenvalue weighted by molar-refractivity contribution is 1.13. The lowest BCUT2D eigenvalue weighted by Crippen LogP contribution is -1.98. The number of nitrogens with zero attached hydrogens (tertiary/aromatic N) is 4. The summed E-state index contributed by atoms with van der Waals surface area (Å²) in [5.41, 5.74) is 3.60. The van der Waals surface area contributed by atoms with Gasteiger partial charge in [-0.15, -0.1) is 0 Å². The maximum Gasteiger partial charge on any atom is 0.227 e. The van der Waals surface area contributed by atoms with Crippen molar-refractivity contribution < 1.29 is 0 Å². The molecule has 5 heteroatoms. The molecule has 0 aliphatic heterocycles. The van der Waals surface area contributed by atoms with Crippen LogP contribution < -0.4 is 5.32 Å². The molecule has 0 amide bonds. The molecule has 0 atom stereocenters. The fraction of sp³-hybridized carbons (Fsp3) is 0.0667. The van der Waals surface area contributed by atoms with Gasteiger partial charge in [0, 0.05) is 24.3 Å². The molecule has 0 saturated heterocycles. The van der Waals surface area contributed by atoms with Gasteiger partial charge in [0.2, 0.25) is 5.95 Å². The molecule has 0 bridgehead atoms. The average Bonchev–Trinajstić information content (AvgIpc) is 2.48. The predicted molar refractivity (Wildman–Crippen MR) is 77.5 cm³/mol. The van der Waals surface area contributed by atoms with E-state index < -0.39 is 0 Å². The maximum atomic E-state index is 4.44. The third-order valence-corrected chi connectivity index (χ3v) is 2.76. The molecule has 0 unspecified atom stereocenters. The first-order chi connectivity index (χ1) is 9.81. The van der Waals surface area contributed by atoms with Crippen molar-refractivity contribution in [3.05, 3.63) is 60.7 Å². The molecule has 20 heavy (non-hydrogen) atoms. The minimum atomic E-state index is 0.541.